The van der Waals surface area contributed by atoms with E-state index >= 15 is 0 Å². The summed E-state index contributed by atoms with van der Waals surface area (Å²) in [6.07, 6.45) is 3.51. The molecule has 23 heavy (non-hydrogen) atoms. The highest BCUT2D eigenvalue weighted by Gasteiger charge is 2.29. The highest BCUT2D eigenvalue weighted by atomic mass is 32.2. The fraction of sp³-hybridized carbons (Fsp3) is 0.222. The van der Waals surface area contributed by atoms with Crippen LogP contribution in [-0.4, -0.2) is 30.9 Å². The predicted octanol–water partition coefficient (Wildman–Crippen LogP) is 3.62. The zero-order chi connectivity index (χ0) is 17.2. The summed E-state index contributed by atoms with van der Waals surface area (Å²) in [5, 5.41) is 0. The Hall–Kier alpha value is -1.72. The van der Waals surface area contributed by atoms with Crippen LogP contribution in [0, 0.1) is 13.8 Å². The molecule has 0 aromatic heterocycles. The second-order valence-corrected chi connectivity index (χ2v) is 9.80. The van der Waals surface area contributed by atoms with Crippen LogP contribution in [0.4, 0.5) is 0 Å². The molecule has 0 aliphatic carbocycles. The van der Waals surface area contributed by atoms with Crippen LogP contribution in [0.2, 0.25) is 0 Å². The topological polar surface area (TPSA) is 51.2 Å². The molecule has 0 fully saturated rings. The molecule has 0 bridgehead atoms. The SMILES string of the molecule is Cc1ccc(C(=O)C(=S(C)C)S(=O)(=O)c2ccc(C)cc2)cc1. The largest absolute Gasteiger partial charge is 0.287 e. The van der Waals surface area contributed by atoms with Crippen LogP contribution >= 0.6 is 10.5 Å². The van der Waals surface area contributed by atoms with E-state index in [9.17, 15) is 13.2 Å². The lowest BCUT2D eigenvalue weighted by Gasteiger charge is -2.11. The summed E-state index contributed by atoms with van der Waals surface area (Å²) in [6, 6.07) is 13.6. The maximum atomic E-state index is 12.9. The first kappa shape index (κ1) is 17.6. The van der Waals surface area contributed by atoms with Crippen LogP contribution in [0.15, 0.2) is 53.4 Å². The summed E-state index contributed by atoms with van der Waals surface area (Å²) in [7, 11) is -4.48. The van der Waals surface area contributed by atoms with Gasteiger partial charge in [-0.15, -0.1) is 0 Å². The molecule has 0 N–H and O–H groups in total. The minimum atomic E-state index is -3.80. The van der Waals surface area contributed by atoms with E-state index < -0.39 is 26.1 Å². The van der Waals surface area contributed by atoms with Crippen molar-refractivity contribution in [2.24, 2.45) is 0 Å². The number of ketones is 1. The monoisotopic (exact) mass is 348 g/mol. The summed E-state index contributed by atoms with van der Waals surface area (Å²) in [5.74, 6) is -0.418. The van der Waals surface area contributed by atoms with Gasteiger partial charge in [0.05, 0.1) is 4.90 Å². The molecule has 0 aliphatic rings. The van der Waals surface area contributed by atoms with Gasteiger partial charge in [-0.3, -0.25) is 4.79 Å². The third-order valence-electron chi connectivity index (χ3n) is 3.45. The summed E-state index contributed by atoms with van der Waals surface area (Å²) in [4.78, 5) is 12.9. The Kier molecular flexibility index (Phi) is 5.22. The van der Waals surface area contributed by atoms with Crippen molar-refractivity contribution in [2.45, 2.75) is 18.7 Å². The molecule has 0 saturated carbocycles. The molecule has 2 aromatic rings. The van der Waals surface area contributed by atoms with Crippen LogP contribution in [0.1, 0.15) is 21.5 Å². The molecule has 0 amide bonds. The van der Waals surface area contributed by atoms with Gasteiger partial charge < -0.3 is 0 Å². The molecular formula is C18H20O3S2. The van der Waals surface area contributed by atoms with Gasteiger partial charge in [0.25, 0.3) is 0 Å². The minimum absolute atomic E-state index is 0.0368. The molecule has 0 heterocycles. The third-order valence-corrected chi connectivity index (χ3v) is 7.60. The second kappa shape index (κ2) is 6.81. The molecule has 122 valence electrons. The van der Waals surface area contributed by atoms with Crippen molar-refractivity contribution in [3.8, 4) is 0 Å². The lowest BCUT2D eigenvalue weighted by molar-refractivity contribution is 0.107. The van der Waals surface area contributed by atoms with Crippen molar-refractivity contribution in [1.82, 2.24) is 0 Å². The number of sulfone groups is 1. The Labute approximate surface area is 140 Å². The van der Waals surface area contributed by atoms with Crippen molar-refractivity contribution >= 4 is 30.3 Å². The average Bonchev–Trinajstić information content (AvgIpc) is 2.47. The first-order valence-electron chi connectivity index (χ1n) is 7.11. The van der Waals surface area contributed by atoms with Crippen molar-refractivity contribution in [3.63, 3.8) is 0 Å². The quantitative estimate of drug-likeness (QED) is 0.629. The molecular weight excluding hydrogens is 328 g/mol. The van der Waals surface area contributed by atoms with Gasteiger partial charge in [0.15, 0.2) is 0 Å². The number of rotatable bonds is 3. The lowest BCUT2D eigenvalue weighted by atomic mass is 10.1. The van der Waals surface area contributed by atoms with E-state index in [0.717, 1.165) is 11.1 Å². The maximum absolute atomic E-state index is 12.9. The molecule has 0 unspecified atom stereocenters. The lowest BCUT2D eigenvalue weighted by Crippen LogP contribution is -2.25. The van der Waals surface area contributed by atoms with Crippen molar-refractivity contribution in [1.29, 1.82) is 0 Å². The fourth-order valence-corrected chi connectivity index (χ4v) is 5.78. The minimum Gasteiger partial charge on any atom is -0.287 e. The smallest absolute Gasteiger partial charge is 0.215 e. The van der Waals surface area contributed by atoms with E-state index in [1.54, 1.807) is 48.9 Å². The average molecular weight is 348 g/mol. The number of Topliss-reactive ketones (excluding diaryl/α,β-unsaturated/α-hetero) is 1. The number of hydrogen-bond donors (Lipinski definition) is 0. The molecule has 0 radical (unpaired) electrons. The van der Waals surface area contributed by atoms with Crippen LogP contribution in [0.5, 0.6) is 0 Å². The van der Waals surface area contributed by atoms with Gasteiger partial charge in [-0.05, 0) is 38.5 Å². The fourth-order valence-electron chi connectivity index (χ4n) is 2.17. The van der Waals surface area contributed by atoms with Crippen LogP contribution in [-0.2, 0) is 9.84 Å². The maximum Gasteiger partial charge on any atom is 0.215 e. The Bertz CT molecular complexity index is 855. The van der Waals surface area contributed by atoms with Crippen LogP contribution in [0.25, 0.3) is 0 Å². The van der Waals surface area contributed by atoms with Gasteiger partial charge >= 0.3 is 0 Å². The summed E-state index contributed by atoms with van der Waals surface area (Å²) in [6.45, 7) is 3.81. The molecule has 2 aromatic carbocycles. The Balaban J connectivity index is 2.55. The van der Waals surface area contributed by atoms with E-state index in [1.165, 1.54) is 0 Å². The summed E-state index contributed by atoms with van der Waals surface area (Å²) >= 11 is 0. The summed E-state index contributed by atoms with van der Waals surface area (Å²) in [5.41, 5.74) is 2.40. The molecule has 3 nitrogen and oxygen atoms in total. The number of hydrogen-bond acceptors (Lipinski definition) is 3. The van der Waals surface area contributed by atoms with Gasteiger partial charge in [-0.1, -0.05) is 47.5 Å². The van der Waals surface area contributed by atoms with Gasteiger partial charge in [0.2, 0.25) is 15.6 Å². The van der Waals surface area contributed by atoms with E-state index in [1.807, 2.05) is 26.0 Å². The van der Waals surface area contributed by atoms with E-state index in [4.69, 9.17) is 0 Å². The Morgan fingerprint density at radius 1 is 0.826 bits per heavy atom. The van der Waals surface area contributed by atoms with Crippen molar-refractivity contribution < 1.29 is 13.2 Å². The number of aryl methyl sites for hydroxylation is 2. The van der Waals surface area contributed by atoms with Gasteiger partial charge in [-0.25, -0.2) is 8.42 Å². The zero-order valence-corrected chi connectivity index (χ0v) is 15.3. The van der Waals surface area contributed by atoms with Gasteiger partial charge in [-0.2, -0.15) is 10.5 Å². The predicted molar refractivity (Wildman–Crippen MR) is 98.3 cm³/mol. The molecule has 0 spiro atoms. The van der Waals surface area contributed by atoms with Crippen LogP contribution in [0.3, 0.4) is 0 Å². The van der Waals surface area contributed by atoms with Crippen molar-refractivity contribution in [2.75, 3.05) is 12.5 Å². The Morgan fingerprint density at radius 2 is 1.26 bits per heavy atom. The first-order valence-corrected chi connectivity index (χ1v) is 10.6. The molecule has 0 saturated heterocycles. The van der Waals surface area contributed by atoms with Gasteiger partial charge in [0.1, 0.15) is 4.20 Å². The standard InChI is InChI=1S/C18H20O3S2/c1-13-5-9-15(10-6-13)17(19)18(22(3)4)23(20,21)16-11-7-14(2)8-12-16/h5-12H,1-4H3. The normalized spacial score (nSPS) is 11.5. The first-order chi connectivity index (χ1) is 10.7. The second-order valence-electron chi connectivity index (χ2n) is 5.62. The van der Waals surface area contributed by atoms with Gasteiger partial charge in [0, 0.05) is 5.56 Å². The van der Waals surface area contributed by atoms with E-state index in [2.05, 4.69) is 0 Å². The van der Waals surface area contributed by atoms with Crippen molar-refractivity contribution in [3.05, 3.63) is 65.2 Å². The highest BCUT2D eigenvalue weighted by Crippen LogP contribution is 2.22. The molecule has 2 rings (SSSR count). The highest BCUT2D eigenvalue weighted by molar-refractivity contribution is 8.32. The molecule has 5 heteroatoms. The van der Waals surface area contributed by atoms with E-state index in [-0.39, 0.29) is 9.09 Å². The Morgan fingerprint density at radius 3 is 1.70 bits per heavy atom. The third kappa shape index (κ3) is 3.79. The van der Waals surface area contributed by atoms with Crippen LogP contribution < -0.4 is 0 Å². The number of carbonyl (C=O) groups is 1. The number of carbonyl (C=O) groups excluding carboxylic acids is 1. The number of benzene rings is 2. The zero-order valence-electron chi connectivity index (χ0n) is 13.7. The molecule has 0 atom stereocenters. The summed E-state index contributed by atoms with van der Waals surface area (Å²) < 4.78 is 25.8. The van der Waals surface area contributed by atoms with E-state index in [0.29, 0.717) is 5.56 Å². The molecule has 0 aliphatic heterocycles.